The molecule has 0 spiro atoms. The van der Waals surface area contributed by atoms with Gasteiger partial charge in [0.1, 0.15) is 0 Å². The highest BCUT2D eigenvalue weighted by atomic mass is 28.4. The van der Waals surface area contributed by atoms with Crippen molar-refractivity contribution in [2.45, 2.75) is 73.8 Å². The zero-order valence-electron chi connectivity index (χ0n) is 18.3. The van der Waals surface area contributed by atoms with Crippen molar-refractivity contribution < 1.29 is 27.6 Å². The van der Waals surface area contributed by atoms with Gasteiger partial charge in [0, 0.05) is 31.8 Å². The number of esters is 1. The van der Waals surface area contributed by atoms with Gasteiger partial charge in [-0.25, -0.2) is 0 Å². The predicted molar refractivity (Wildman–Crippen MR) is 109 cm³/mol. The minimum absolute atomic E-state index is 0.0392. The Kier molecular flexibility index (Phi) is 18.0. The minimum atomic E-state index is -2.59. The van der Waals surface area contributed by atoms with E-state index in [4.69, 9.17) is 23.7 Å². The predicted octanol–water partition coefficient (Wildman–Crippen LogP) is 3.53. The van der Waals surface area contributed by atoms with Crippen LogP contribution < -0.4 is 5.73 Å². The Morgan fingerprint density at radius 3 is 1.59 bits per heavy atom. The van der Waals surface area contributed by atoms with E-state index in [0.717, 1.165) is 12.8 Å². The molecule has 0 radical (unpaired) electrons. The van der Waals surface area contributed by atoms with Gasteiger partial charge in [0.25, 0.3) is 0 Å². The van der Waals surface area contributed by atoms with E-state index < -0.39 is 8.80 Å². The molecule has 0 heterocycles. The second kappa shape index (κ2) is 17.2. The Bertz CT molecular complexity index is 377. The number of amides is 1. The van der Waals surface area contributed by atoms with E-state index in [-0.39, 0.29) is 23.7 Å². The first-order valence-corrected chi connectivity index (χ1v) is 12.0. The molecule has 0 fully saturated rings. The largest absolute Gasteiger partial charge is 0.501 e. The summed E-state index contributed by atoms with van der Waals surface area (Å²) in [5.74, 6) is -0.339. The Morgan fingerprint density at radius 2 is 1.30 bits per heavy atom. The monoisotopic (exact) mass is 407 g/mol. The second-order valence-electron chi connectivity index (χ2n) is 6.27. The van der Waals surface area contributed by atoms with Crippen LogP contribution >= 0.6 is 0 Å². The number of ether oxygens (including phenoxy) is 1. The number of primary amides is 1. The Morgan fingerprint density at radius 1 is 0.852 bits per heavy atom. The second-order valence-corrected chi connectivity index (χ2v) is 9.01. The van der Waals surface area contributed by atoms with Crippen LogP contribution in [0.4, 0.5) is 0 Å². The molecule has 0 saturated carbocycles. The highest BCUT2D eigenvalue weighted by Gasteiger charge is 2.39. The van der Waals surface area contributed by atoms with Gasteiger partial charge >= 0.3 is 14.8 Å². The molecular weight excluding hydrogens is 366 g/mol. The summed E-state index contributed by atoms with van der Waals surface area (Å²) in [7, 11) is -2.59. The summed E-state index contributed by atoms with van der Waals surface area (Å²) in [6.45, 7) is 15.5. The molecule has 0 rings (SSSR count). The number of carbonyl (C=O) groups is 2. The lowest BCUT2D eigenvalue weighted by atomic mass is 10.1. The third-order valence-corrected chi connectivity index (χ3v) is 7.23. The van der Waals surface area contributed by atoms with E-state index in [1.807, 2.05) is 48.5 Å². The average molecular weight is 408 g/mol. The van der Waals surface area contributed by atoms with E-state index in [2.05, 4.69) is 0 Å². The third kappa shape index (κ3) is 13.8. The van der Waals surface area contributed by atoms with Crippen molar-refractivity contribution in [3.8, 4) is 0 Å². The first-order valence-electron chi connectivity index (χ1n) is 10.1. The van der Waals surface area contributed by atoms with Crippen LogP contribution in [-0.2, 0) is 27.6 Å². The van der Waals surface area contributed by atoms with Gasteiger partial charge in [0.2, 0.25) is 5.91 Å². The SMILES string of the molecule is CCC(C)C(N)=O.CCO[Si](CCCOC(=O)C(C)CC)(OCC)OCC. The summed E-state index contributed by atoms with van der Waals surface area (Å²) in [5.41, 5.74) is 4.91. The quantitative estimate of drug-likeness (QED) is 0.269. The topological polar surface area (TPSA) is 97.1 Å². The van der Waals surface area contributed by atoms with Crippen LogP contribution in [0.5, 0.6) is 0 Å². The van der Waals surface area contributed by atoms with Gasteiger partial charge in [-0.1, -0.05) is 27.7 Å². The van der Waals surface area contributed by atoms with Gasteiger partial charge in [-0.3, -0.25) is 9.59 Å². The molecule has 0 aliphatic heterocycles. The molecule has 27 heavy (non-hydrogen) atoms. The first kappa shape index (κ1) is 28.2. The van der Waals surface area contributed by atoms with Gasteiger partial charge in [-0.2, -0.15) is 0 Å². The highest BCUT2D eigenvalue weighted by molar-refractivity contribution is 6.60. The summed E-state index contributed by atoms with van der Waals surface area (Å²) in [4.78, 5) is 21.7. The first-order chi connectivity index (χ1) is 12.7. The molecule has 0 aromatic heterocycles. The van der Waals surface area contributed by atoms with Crippen molar-refractivity contribution in [1.82, 2.24) is 0 Å². The maximum atomic E-state index is 11.6. The zero-order chi connectivity index (χ0) is 21.3. The van der Waals surface area contributed by atoms with Crippen LogP contribution in [0.25, 0.3) is 0 Å². The summed E-state index contributed by atoms with van der Waals surface area (Å²) in [5, 5.41) is 0. The van der Waals surface area contributed by atoms with E-state index in [1.165, 1.54) is 0 Å². The molecule has 8 heteroatoms. The Balaban J connectivity index is 0. The van der Waals surface area contributed by atoms with Crippen molar-refractivity contribution in [3.63, 3.8) is 0 Å². The van der Waals surface area contributed by atoms with Crippen molar-refractivity contribution in [2.75, 3.05) is 26.4 Å². The molecule has 7 nitrogen and oxygen atoms in total. The lowest BCUT2D eigenvalue weighted by molar-refractivity contribution is -0.148. The summed E-state index contributed by atoms with van der Waals surface area (Å²) in [6.07, 6.45) is 2.35. The molecule has 1 amide bonds. The molecule has 162 valence electrons. The van der Waals surface area contributed by atoms with Crippen molar-refractivity contribution in [2.24, 2.45) is 17.6 Å². The van der Waals surface area contributed by atoms with Gasteiger partial charge < -0.3 is 23.7 Å². The smallest absolute Gasteiger partial charge is 0.465 e. The minimum Gasteiger partial charge on any atom is -0.465 e. The summed E-state index contributed by atoms with van der Waals surface area (Å²) in [6, 6.07) is 0.677. The third-order valence-electron chi connectivity index (χ3n) is 4.08. The van der Waals surface area contributed by atoms with Crippen molar-refractivity contribution >= 4 is 20.7 Å². The van der Waals surface area contributed by atoms with Crippen LogP contribution in [0.3, 0.4) is 0 Å². The van der Waals surface area contributed by atoms with E-state index >= 15 is 0 Å². The number of hydrogen-bond acceptors (Lipinski definition) is 6. The normalized spacial score (nSPS) is 13.3. The molecule has 0 bridgehead atoms. The number of carbonyl (C=O) groups excluding carboxylic acids is 2. The molecule has 2 N–H and O–H groups in total. The number of rotatable bonds is 14. The molecule has 0 aromatic rings. The molecule has 2 unspecified atom stereocenters. The Labute approximate surface area is 166 Å². The maximum Gasteiger partial charge on any atom is 0.501 e. The van der Waals surface area contributed by atoms with Gasteiger partial charge in [0.15, 0.2) is 0 Å². The summed E-state index contributed by atoms with van der Waals surface area (Å²) >= 11 is 0. The van der Waals surface area contributed by atoms with E-state index in [0.29, 0.717) is 38.9 Å². The Hall–Kier alpha value is -0.963. The van der Waals surface area contributed by atoms with Crippen LogP contribution in [0.15, 0.2) is 0 Å². The van der Waals surface area contributed by atoms with Crippen LogP contribution in [0.1, 0.15) is 67.7 Å². The molecular formula is C19H41NO6Si. The lowest BCUT2D eigenvalue weighted by Gasteiger charge is -2.28. The van der Waals surface area contributed by atoms with Crippen LogP contribution in [0, 0.1) is 11.8 Å². The van der Waals surface area contributed by atoms with E-state index in [1.54, 1.807) is 0 Å². The molecule has 2 atom stereocenters. The number of hydrogen-bond donors (Lipinski definition) is 1. The van der Waals surface area contributed by atoms with Gasteiger partial charge in [0.05, 0.1) is 12.5 Å². The molecule has 0 aliphatic carbocycles. The van der Waals surface area contributed by atoms with Gasteiger partial charge in [-0.15, -0.1) is 0 Å². The fourth-order valence-corrected chi connectivity index (χ4v) is 4.55. The maximum absolute atomic E-state index is 11.6. The fourth-order valence-electron chi connectivity index (χ4n) is 1.97. The van der Waals surface area contributed by atoms with Crippen LogP contribution in [0.2, 0.25) is 6.04 Å². The van der Waals surface area contributed by atoms with Crippen molar-refractivity contribution in [1.29, 1.82) is 0 Å². The highest BCUT2D eigenvalue weighted by Crippen LogP contribution is 2.18. The van der Waals surface area contributed by atoms with Gasteiger partial charge in [-0.05, 0) is 40.0 Å². The number of nitrogens with two attached hydrogens (primary N) is 1. The molecule has 0 aliphatic rings. The average Bonchev–Trinajstić information content (AvgIpc) is 2.64. The standard InChI is InChI=1S/C14H30O5Si.C5H11NO/c1-6-13(5)14(15)16-11-10-12-20(17-7-2,18-8-3)19-9-4;1-3-4(2)5(6)7/h13H,6-12H2,1-5H3;4H,3H2,1-2H3,(H2,6,7). The van der Waals surface area contributed by atoms with Crippen LogP contribution in [-0.4, -0.2) is 47.1 Å². The fraction of sp³-hybridized carbons (Fsp3) is 0.895. The van der Waals surface area contributed by atoms with E-state index in [9.17, 15) is 9.59 Å². The lowest BCUT2D eigenvalue weighted by Crippen LogP contribution is -2.46. The summed E-state index contributed by atoms with van der Waals surface area (Å²) < 4.78 is 22.5. The molecule has 0 aromatic carbocycles. The van der Waals surface area contributed by atoms with Crippen molar-refractivity contribution in [3.05, 3.63) is 0 Å². The molecule has 0 saturated heterocycles. The zero-order valence-corrected chi connectivity index (χ0v) is 19.3.